The highest BCUT2D eigenvalue weighted by molar-refractivity contribution is 6.14. The molecule has 43 heavy (non-hydrogen) atoms. The molecule has 0 bridgehead atoms. The maximum absolute atomic E-state index is 13.5. The largest absolute Gasteiger partial charge is 0.481 e. The Hall–Kier alpha value is -3.91. The van der Waals surface area contributed by atoms with Crippen molar-refractivity contribution in [1.82, 2.24) is 0 Å². The Morgan fingerprint density at radius 2 is 1.67 bits per heavy atom. The van der Waals surface area contributed by atoms with Crippen molar-refractivity contribution in [2.24, 2.45) is 23.7 Å². The first-order valence-corrected chi connectivity index (χ1v) is 15.5. The molecule has 1 saturated carbocycles. The summed E-state index contributed by atoms with van der Waals surface area (Å²) in [5.41, 5.74) is 2.38. The van der Waals surface area contributed by atoms with Crippen LogP contribution < -0.4 is 15.5 Å². The number of hydrogen-bond donors (Lipinski definition) is 3. The number of benzene rings is 3. The summed E-state index contributed by atoms with van der Waals surface area (Å²) in [6, 6.07) is 18.9. The lowest BCUT2D eigenvalue weighted by Gasteiger charge is -2.37. The Bertz CT molecular complexity index is 1460. The molecule has 3 unspecified atom stereocenters. The predicted octanol–water partition coefficient (Wildman–Crippen LogP) is 6.81. The standard InChI is InChI=1S/C35H43N3O5/c1-22(2)27-13-11-23(3)19-32(27)43-21-33(39)36-31-20-26(38-17-15-25(16-18-38)35(41)42)12-14-30(31)37-34(40)29-10-6-8-24-7-4-5-9-28(24)29/h4-10,12,14,20,22-23,25,27,32H,11,13,15-19,21H2,1-3H3,(H,36,39)(H,37,40)(H,41,42). The van der Waals surface area contributed by atoms with E-state index in [0.29, 0.717) is 60.6 Å². The number of piperidine rings is 1. The van der Waals surface area contributed by atoms with Gasteiger partial charge in [-0.2, -0.15) is 0 Å². The van der Waals surface area contributed by atoms with E-state index in [1.54, 1.807) is 12.1 Å². The van der Waals surface area contributed by atoms with Crippen LogP contribution in [0.5, 0.6) is 0 Å². The minimum absolute atomic E-state index is 0.0434. The molecule has 3 atom stereocenters. The van der Waals surface area contributed by atoms with Gasteiger partial charge in [-0.15, -0.1) is 0 Å². The first-order chi connectivity index (χ1) is 20.7. The number of amides is 2. The molecule has 1 heterocycles. The van der Waals surface area contributed by atoms with E-state index >= 15 is 0 Å². The average molecular weight is 586 g/mol. The second-order valence-corrected chi connectivity index (χ2v) is 12.5. The molecule has 1 aliphatic carbocycles. The normalized spacial score (nSPS) is 21.1. The van der Waals surface area contributed by atoms with Crippen LogP contribution in [0.15, 0.2) is 60.7 Å². The maximum Gasteiger partial charge on any atom is 0.306 e. The molecule has 3 aromatic rings. The lowest BCUT2D eigenvalue weighted by Crippen LogP contribution is -2.36. The number of ether oxygens (including phenoxy) is 1. The number of nitrogens with zero attached hydrogens (tertiary/aromatic N) is 1. The van der Waals surface area contributed by atoms with Crippen LogP contribution in [-0.4, -0.2) is 48.7 Å². The van der Waals surface area contributed by atoms with Crippen molar-refractivity contribution < 1.29 is 24.2 Å². The summed E-state index contributed by atoms with van der Waals surface area (Å²) >= 11 is 0. The maximum atomic E-state index is 13.5. The number of aliphatic carboxylic acids is 1. The van der Waals surface area contributed by atoms with Gasteiger partial charge in [0.25, 0.3) is 5.91 Å². The Kier molecular flexibility index (Phi) is 9.65. The first kappa shape index (κ1) is 30.5. The van der Waals surface area contributed by atoms with E-state index in [0.717, 1.165) is 29.3 Å². The van der Waals surface area contributed by atoms with Gasteiger partial charge >= 0.3 is 5.97 Å². The van der Waals surface area contributed by atoms with Gasteiger partial charge in [0.1, 0.15) is 6.61 Å². The van der Waals surface area contributed by atoms with Crippen LogP contribution in [0.4, 0.5) is 17.1 Å². The van der Waals surface area contributed by atoms with E-state index in [9.17, 15) is 19.5 Å². The van der Waals surface area contributed by atoms with Crippen molar-refractivity contribution in [3.8, 4) is 0 Å². The van der Waals surface area contributed by atoms with Crippen molar-refractivity contribution in [2.75, 3.05) is 35.2 Å². The van der Waals surface area contributed by atoms with Crippen molar-refractivity contribution >= 4 is 45.6 Å². The zero-order valence-electron chi connectivity index (χ0n) is 25.3. The lowest BCUT2D eigenvalue weighted by atomic mass is 9.75. The van der Waals surface area contributed by atoms with Gasteiger partial charge in [0.2, 0.25) is 5.91 Å². The topological polar surface area (TPSA) is 108 Å². The van der Waals surface area contributed by atoms with Crippen LogP contribution >= 0.6 is 0 Å². The van der Waals surface area contributed by atoms with E-state index in [4.69, 9.17) is 4.74 Å². The summed E-state index contributed by atoms with van der Waals surface area (Å²) in [5, 5.41) is 17.2. The third kappa shape index (κ3) is 7.36. The smallest absolute Gasteiger partial charge is 0.306 e. The monoisotopic (exact) mass is 585 g/mol. The second kappa shape index (κ2) is 13.6. The molecule has 2 amide bonds. The number of rotatable bonds is 9. The molecule has 2 aliphatic rings. The number of carbonyl (C=O) groups is 3. The van der Waals surface area contributed by atoms with Gasteiger partial charge in [-0.1, -0.05) is 63.6 Å². The van der Waals surface area contributed by atoms with Crippen LogP contribution in [0.3, 0.4) is 0 Å². The highest BCUT2D eigenvalue weighted by Crippen LogP contribution is 2.36. The predicted molar refractivity (Wildman–Crippen MR) is 171 cm³/mol. The minimum Gasteiger partial charge on any atom is -0.481 e. The number of hydrogen-bond acceptors (Lipinski definition) is 5. The van der Waals surface area contributed by atoms with Crippen molar-refractivity contribution in [1.29, 1.82) is 0 Å². The zero-order valence-corrected chi connectivity index (χ0v) is 25.3. The van der Waals surface area contributed by atoms with Gasteiger partial charge in [0.15, 0.2) is 0 Å². The number of nitrogens with one attached hydrogen (secondary N) is 2. The molecular formula is C35H43N3O5. The Morgan fingerprint density at radius 1 is 0.930 bits per heavy atom. The Morgan fingerprint density at radius 3 is 2.42 bits per heavy atom. The molecule has 0 spiro atoms. The Labute approximate surface area is 253 Å². The molecule has 1 aliphatic heterocycles. The minimum atomic E-state index is -0.758. The summed E-state index contributed by atoms with van der Waals surface area (Å²) in [5.74, 6) is -0.163. The third-order valence-corrected chi connectivity index (χ3v) is 9.16. The van der Waals surface area contributed by atoms with Gasteiger partial charge in [-0.25, -0.2) is 0 Å². The summed E-state index contributed by atoms with van der Waals surface area (Å²) in [6.45, 7) is 7.81. The molecule has 8 nitrogen and oxygen atoms in total. The number of fused-ring (bicyclic) bond motifs is 1. The molecule has 0 radical (unpaired) electrons. The summed E-state index contributed by atoms with van der Waals surface area (Å²) in [4.78, 5) is 40.4. The van der Waals surface area contributed by atoms with E-state index in [2.05, 4.69) is 36.3 Å². The highest BCUT2D eigenvalue weighted by atomic mass is 16.5. The molecule has 3 N–H and O–H groups in total. The van der Waals surface area contributed by atoms with Crippen molar-refractivity contribution in [3.63, 3.8) is 0 Å². The lowest BCUT2D eigenvalue weighted by molar-refractivity contribution is -0.142. The molecule has 1 saturated heterocycles. The molecule has 0 aromatic heterocycles. The van der Waals surface area contributed by atoms with Crippen LogP contribution in [0.1, 0.15) is 63.2 Å². The third-order valence-electron chi connectivity index (χ3n) is 9.16. The van der Waals surface area contributed by atoms with Gasteiger partial charge < -0.3 is 25.4 Å². The molecule has 8 heteroatoms. The van der Waals surface area contributed by atoms with Gasteiger partial charge in [0, 0.05) is 24.3 Å². The first-order valence-electron chi connectivity index (χ1n) is 15.5. The number of carboxylic acids is 1. The van der Waals surface area contributed by atoms with Crippen molar-refractivity contribution in [3.05, 3.63) is 66.2 Å². The second-order valence-electron chi connectivity index (χ2n) is 12.5. The van der Waals surface area contributed by atoms with Crippen LogP contribution in [-0.2, 0) is 14.3 Å². The molecule has 228 valence electrons. The fraction of sp³-hybridized carbons (Fsp3) is 0.457. The van der Waals surface area contributed by atoms with Crippen LogP contribution in [0, 0.1) is 23.7 Å². The van der Waals surface area contributed by atoms with Crippen molar-refractivity contribution in [2.45, 2.75) is 59.0 Å². The highest BCUT2D eigenvalue weighted by Gasteiger charge is 2.32. The fourth-order valence-electron chi connectivity index (χ4n) is 6.61. The van der Waals surface area contributed by atoms with Gasteiger partial charge in [-0.05, 0) is 78.5 Å². The molecule has 2 fully saturated rings. The van der Waals surface area contributed by atoms with Crippen LogP contribution in [0.25, 0.3) is 10.8 Å². The molecule has 5 rings (SSSR count). The SMILES string of the molecule is CC1CCC(C(C)C)C(OCC(=O)Nc2cc(N3CCC(C(=O)O)CC3)ccc2NC(=O)c2cccc3ccccc23)C1. The van der Waals surface area contributed by atoms with E-state index < -0.39 is 5.97 Å². The molecule has 3 aromatic carbocycles. The Balaban J connectivity index is 1.35. The number of carboxylic acid groups (broad SMARTS) is 1. The summed E-state index contributed by atoms with van der Waals surface area (Å²) in [6.07, 6.45) is 4.40. The average Bonchev–Trinajstić information content (AvgIpc) is 3.00. The fourth-order valence-corrected chi connectivity index (χ4v) is 6.61. The van der Waals surface area contributed by atoms with E-state index in [1.807, 2.05) is 48.5 Å². The van der Waals surface area contributed by atoms with E-state index in [-0.39, 0.29) is 30.4 Å². The number of carbonyl (C=O) groups excluding carboxylic acids is 2. The van der Waals surface area contributed by atoms with E-state index in [1.165, 1.54) is 6.42 Å². The summed E-state index contributed by atoms with van der Waals surface area (Å²) < 4.78 is 6.22. The quantitative estimate of drug-likeness (QED) is 0.255. The molecular weight excluding hydrogens is 542 g/mol. The van der Waals surface area contributed by atoms with Gasteiger partial charge in [-0.3, -0.25) is 14.4 Å². The van der Waals surface area contributed by atoms with Gasteiger partial charge in [0.05, 0.1) is 23.4 Å². The number of anilines is 3. The van der Waals surface area contributed by atoms with Crippen LogP contribution in [0.2, 0.25) is 0 Å². The summed E-state index contributed by atoms with van der Waals surface area (Å²) in [7, 11) is 0. The zero-order chi connectivity index (χ0) is 30.5.